The van der Waals surface area contributed by atoms with Gasteiger partial charge in [-0.1, -0.05) is 23.2 Å². The van der Waals surface area contributed by atoms with E-state index in [9.17, 15) is 9.59 Å². The molecule has 1 aliphatic heterocycles. The zero-order valence-corrected chi connectivity index (χ0v) is 14.8. The fraction of sp³-hybridized carbons (Fsp3) is 0.235. The third-order valence-electron chi connectivity index (χ3n) is 3.97. The Hall–Kier alpha value is -2.31. The van der Waals surface area contributed by atoms with E-state index in [0.717, 1.165) is 6.41 Å². The summed E-state index contributed by atoms with van der Waals surface area (Å²) in [7, 11) is 0. The average Bonchev–Trinajstić information content (AvgIpc) is 2.65. The molecule has 1 aromatic carbocycles. The van der Waals surface area contributed by atoms with E-state index < -0.39 is 0 Å². The lowest BCUT2D eigenvalue weighted by Gasteiger charge is -2.33. The van der Waals surface area contributed by atoms with Gasteiger partial charge in [-0.15, -0.1) is 0 Å². The summed E-state index contributed by atoms with van der Waals surface area (Å²) >= 11 is 12.0. The number of rotatable bonds is 4. The van der Waals surface area contributed by atoms with Crippen molar-refractivity contribution in [2.75, 3.05) is 36.4 Å². The van der Waals surface area contributed by atoms with Gasteiger partial charge in [0.2, 0.25) is 6.41 Å². The molecule has 0 unspecified atom stereocenters. The fourth-order valence-corrected chi connectivity index (χ4v) is 2.91. The molecule has 0 saturated carbocycles. The van der Waals surface area contributed by atoms with Crippen molar-refractivity contribution < 1.29 is 9.59 Å². The fourth-order valence-electron chi connectivity index (χ4n) is 2.58. The molecule has 0 spiro atoms. The van der Waals surface area contributed by atoms with E-state index in [1.165, 1.54) is 0 Å². The zero-order chi connectivity index (χ0) is 17.8. The lowest BCUT2D eigenvalue weighted by Crippen LogP contribution is -2.46. The monoisotopic (exact) mass is 378 g/mol. The average molecular weight is 379 g/mol. The summed E-state index contributed by atoms with van der Waals surface area (Å²) in [4.78, 5) is 31.4. The second kappa shape index (κ2) is 7.72. The number of nitrogens with zero attached hydrogens (tertiary/aromatic N) is 3. The standard InChI is InChI=1S/C17H16Cl2N4O2/c18-13-1-2-14(19)15(10-13)21-17(25)12-3-4-20-16(9-12)23-7-5-22(11-24)6-8-23/h1-4,9-11H,5-8H2,(H,21,25). The van der Waals surface area contributed by atoms with Gasteiger partial charge in [-0.2, -0.15) is 0 Å². The summed E-state index contributed by atoms with van der Waals surface area (Å²) in [6, 6.07) is 8.25. The van der Waals surface area contributed by atoms with Gasteiger partial charge in [0, 0.05) is 43.0 Å². The molecule has 2 heterocycles. The molecular formula is C17H16Cl2N4O2. The minimum absolute atomic E-state index is 0.292. The number of piperazine rings is 1. The van der Waals surface area contributed by atoms with E-state index in [1.807, 2.05) is 4.90 Å². The predicted molar refractivity (Wildman–Crippen MR) is 98.5 cm³/mol. The van der Waals surface area contributed by atoms with E-state index in [4.69, 9.17) is 23.2 Å². The van der Waals surface area contributed by atoms with E-state index in [-0.39, 0.29) is 5.91 Å². The molecule has 25 heavy (non-hydrogen) atoms. The molecule has 6 nitrogen and oxygen atoms in total. The zero-order valence-electron chi connectivity index (χ0n) is 13.3. The van der Waals surface area contributed by atoms with Crippen molar-refractivity contribution in [3.63, 3.8) is 0 Å². The summed E-state index contributed by atoms with van der Waals surface area (Å²) < 4.78 is 0. The number of carbonyl (C=O) groups is 2. The molecular weight excluding hydrogens is 363 g/mol. The lowest BCUT2D eigenvalue weighted by atomic mass is 10.2. The van der Waals surface area contributed by atoms with Gasteiger partial charge in [0.25, 0.3) is 5.91 Å². The highest BCUT2D eigenvalue weighted by molar-refractivity contribution is 6.35. The molecule has 1 aromatic heterocycles. The van der Waals surface area contributed by atoms with Crippen molar-refractivity contribution in [2.45, 2.75) is 0 Å². The Bertz CT molecular complexity index is 792. The largest absolute Gasteiger partial charge is 0.353 e. The highest BCUT2D eigenvalue weighted by atomic mass is 35.5. The highest BCUT2D eigenvalue weighted by Gasteiger charge is 2.18. The normalized spacial score (nSPS) is 14.3. The maximum absolute atomic E-state index is 12.5. The van der Waals surface area contributed by atoms with Crippen LogP contribution in [0.25, 0.3) is 0 Å². The van der Waals surface area contributed by atoms with Gasteiger partial charge in [0.15, 0.2) is 0 Å². The number of halogens is 2. The van der Waals surface area contributed by atoms with Gasteiger partial charge in [-0.05, 0) is 30.3 Å². The number of benzene rings is 1. The molecule has 130 valence electrons. The molecule has 0 atom stereocenters. The van der Waals surface area contributed by atoms with Crippen LogP contribution >= 0.6 is 23.2 Å². The molecule has 8 heteroatoms. The number of hydrogen-bond donors (Lipinski definition) is 1. The minimum atomic E-state index is -0.292. The summed E-state index contributed by atoms with van der Waals surface area (Å²) in [5.74, 6) is 0.412. The van der Waals surface area contributed by atoms with Gasteiger partial charge in [-0.25, -0.2) is 4.98 Å². The molecule has 1 fully saturated rings. The minimum Gasteiger partial charge on any atom is -0.353 e. The molecule has 1 aliphatic rings. The van der Waals surface area contributed by atoms with Gasteiger partial charge >= 0.3 is 0 Å². The van der Waals surface area contributed by atoms with Gasteiger partial charge in [0.05, 0.1) is 10.7 Å². The first-order valence-corrected chi connectivity index (χ1v) is 8.49. The number of pyridine rings is 1. The van der Waals surface area contributed by atoms with Crippen LogP contribution in [0, 0.1) is 0 Å². The van der Waals surface area contributed by atoms with Gasteiger partial charge in [0.1, 0.15) is 5.82 Å². The quantitative estimate of drug-likeness (QED) is 0.830. The number of nitrogens with one attached hydrogen (secondary N) is 1. The number of amides is 2. The van der Waals surface area contributed by atoms with E-state index in [2.05, 4.69) is 10.3 Å². The van der Waals surface area contributed by atoms with Crippen LogP contribution in [0.2, 0.25) is 10.0 Å². The number of carbonyl (C=O) groups excluding carboxylic acids is 2. The second-order valence-electron chi connectivity index (χ2n) is 5.61. The van der Waals surface area contributed by atoms with Crippen molar-refractivity contribution in [3.8, 4) is 0 Å². The number of anilines is 2. The van der Waals surface area contributed by atoms with Crippen LogP contribution in [0.3, 0.4) is 0 Å². The van der Waals surface area contributed by atoms with Crippen molar-refractivity contribution in [3.05, 3.63) is 52.1 Å². The Labute approximate surface area is 155 Å². The summed E-state index contributed by atoms with van der Waals surface area (Å²) in [6.07, 6.45) is 2.44. The van der Waals surface area contributed by atoms with Crippen LogP contribution < -0.4 is 10.2 Å². The number of aromatic nitrogens is 1. The molecule has 1 saturated heterocycles. The van der Waals surface area contributed by atoms with E-state index in [0.29, 0.717) is 53.3 Å². The molecule has 2 aromatic rings. The Kier molecular flexibility index (Phi) is 5.40. The predicted octanol–water partition coefficient (Wildman–Crippen LogP) is 2.92. The van der Waals surface area contributed by atoms with Crippen LogP contribution in [-0.2, 0) is 4.79 Å². The van der Waals surface area contributed by atoms with Crippen molar-refractivity contribution in [2.24, 2.45) is 0 Å². The summed E-state index contributed by atoms with van der Waals surface area (Å²) in [5, 5.41) is 3.66. The van der Waals surface area contributed by atoms with Crippen molar-refractivity contribution in [1.82, 2.24) is 9.88 Å². The maximum atomic E-state index is 12.5. The molecule has 0 radical (unpaired) electrons. The van der Waals surface area contributed by atoms with E-state index in [1.54, 1.807) is 41.4 Å². The Morgan fingerprint density at radius 1 is 1.12 bits per heavy atom. The lowest BCUT2D eigenvalue weighted by molar-refractivity contribution is -0.118. The maximum Gasteiger partial charge on any atom is 0.255 e. The first-order chi connectivity index (χ1) is 12.1. The van der Waals surface area contributed by atoms with Crippen LogP contribution in [-0.4, -0.2) is 48.4 Å². The topological polar surface area (TPSA) is 65.5 Å². The molecule has 1 N–H and O–H groups in total. The summed E-state index contributed by atoms with van der Waals surface area (Å²) in [6.45, 7) is 2.63. The number of hydrogen-bond acceptors (Lipinski definition) is 4. The molecule has 3 rings (SSSR count). The van der Waals surface area contributed by atoms with Gasteiger partial charge in [-0.3, -0.25) is 9.59 Å². The molecule has 0 bridgehead atoms. The van der Waals surface area contributed by atoms with E-state index >= 15 is 0 Å². The van der Waals surface area contributed by atoms with Crippen LogP contribution in [0.1, 0.15) is 10.4 Å². The third-order valence-corrected chi connectivity index (χ3v) is 4.54. The Morgan fingerprint density at radius 2 is 1.88 bits per heavy atom. The first kappa shape index (κ1) is 17.5. The Morgan fingerprint density at radius 3 is 2.60 bits per heavy atom. The van der Waals surface area contributed by atoms with Gasteiger partial charge < -0.3 is 15.1 Å². The second-order valence-corrected chi connectivity index (χ2v) is 6.45. The van der Waals surface area contributed by atoms with Crippen LogP contribution in [0.15, 0.2) is 36.5 Å². The van der Waals surface area contributed by atoms with Crippen LogP contribution in [0.4, 0.5) is 11.5 Å². The third kappa shape index (κ3) is 4.21. The van der Waals surface area contributed by atoms with Crippen LogP contribution in [0.5, 0.6) is 0 Å². The van der Waals surface area contributed by atoms with Crippen molar-refractivity contribution >= 4 is 47.0 Å². The summed E-state index contributed by atoms with van der Waals surface area (Å²) in [5.41, 5.74) is 0.927. The Balaban J connectivity index is 1.73. The SMILES string of the molecule is O=CN1CCN(c2cc(C(=O)Nc3cc(Cl)ccc3Cl)ccn2)CC1. The first-order valence-electron chi connectivity index (χ1n) is 7.73. The van der Waals surface area contributed by atoms with Crippen molar-refractivity contribution in [1.29, 1.82) is 0 Å². The smallest absolute Gasteiger partial charge is 0.255 e. The molecule has 2 amide bonds. The molecule has 0 aliphatic carbocycles. The highest BCUT2D eigenvalue weighted by Crippen LogP contribution is 2.26.